The Balaban J connectivity index is 0.000000183. The maximum absolute atomic E-state index is 14.8. The van der Waals surface area contributed by atoms with E-state index in [1.165, 1.54) is 55.0 Å². The van der Waals surface area contributed by atoms with Crippen LogP contribution in [0.3, 0.4) is 0 Å². The van der Waals surface area contributed by atoms with Crippen molar-refractivity contribution in [3.05, 3.63) is 108 Å². The summed E-state index contributed by atoms with van der Waals surface area (Å²) in [6.45, 7) is 18.9. The Hall–Kier alpha value is -7.20. The topological polar surface area (TPSA) is 211 Å². The number of carbonyl (C=O) groups is 3. The summed E-state index contributed by atoms with van der Waals surface area (Å²) in [5.41, 5.74) is 22.2. The quantitative estimate of drug-likeness (QED) is 0.0711. The number of nitrogens with two attached hydrogens (primary N) is 2. The SMILES string of the molecule is CC(=O)Nc1cc(-c2cc(-c3cc(NCCC4(C)CC4)c(F)cc3C)cc(C3CC3)n2)ccn1.Cc1ccc2cc1-c1cc(-c3cnn(C4CCNCC4)c3)nc(c1)N1CCC(C1)C(C)C(C)CCN2.NC=O.NC=O. The summed E-state index contributed by atoms with van der Waals surface area (Å²) in [7, 11) is 0. The van der Waals surface area contributed by atoms with Crippen molar-refractivity contribution >= 4 is 41.7 Å². The van der Waals surface area contributed by atoms with E-state index in [0.717, 1.165) is 128 Å². The lowest BCUT2D eigenvalue weighted by Gasteiger charge is -2.27. The molecule has 0 spiro atoms. The first kappa shape index (κ1) is 55.0. The summed E-state index contributed by atoms with van der Waals surface area (Å²) in [4.78, 5) is 45.6. The van der Waals surface area contributed by atoms with Crippen molar-refractivity contribution in [2.45, 2.75) is 111 Å². The zero-order valence-electron chi connectivity index (χ0n) is 45.2. The predicted octanol–water partition coefficient (Wildman–Crippen LogP) is 10.7. The van der Waals surface area contributed by atoms with E-state index < -0.39 is 0 Å². The maximum atomic E-state index is 14.8. The van der Waals surface area contributed by atoms with E-state index in [1.807, 2.05) is 37.4 Å². The Bertz CT molecular complexity index is 2960. The molecule has 4 aromatic heterocycles. The molecular weight excluding hydrogens is 956 g/mol. The third-order valence-corrected chi connectivity index (χ3v) is 16.0. The molecule has 7 heterocycles. The second kappa shape index (κ2) is 25.1. The minimum Gasteiger partial charge on any atom is -0.385 e. The lowest BCUT2D eigenvalue weighted by Crippen LogP contribution is -2.29. The number of aryl methyl sites for hydroxylation is 2. The number of benzene rings is 2. The second-order valence-corrected chi connectivity index (χ2v) is 21.8. The van der Waals surface area contributed by atoms with Gasteiger partial charge in [-0.25, -0.2) is 14.4 Å². The average Bonchev–Trinajstić information content (AvgIpc) is 4.29. The molecule has 2 aliphatic carbocycles. The molecule has 3 amide bonds. The van der Waals surface area contributed by atoms with Gasteiger partial charge in [0.2, 0.25) is 18.7 Å². The fourth-order valence-electron chi connectivity index (χ4n) is 10.7. The van der Waals surface area contributed by atoms with Crippen molar-refractivity contribution in [3.8, 4) is 44.8 Å². The molecule has 402 valence electrons. The first-order valence-corrected chi connectivity index (χ1v) is 27.2. The number of rotatable bonds is 10. The van der Waals surface area contributed by atoms with Gasteiger partial charge in [0.25, 0.3) is 0 Å². The van der Waals surface area contributed by atoms with Crippen molar-refractivity contribution < 1.29 is 18.8 Å². The third kappa shape index (κ3) is 14.2. The van der Waals surface area contributed by atoms with Gasteiger partial charge in [0.15, 0.2) is 0 Å². The number of amides is 3. The van der Waals surface area contributed by atoms with E-state index in [9.17, 15) is 9.18 Å². The Morgan fingerprint density at radius 3 is 2.25 bits per heavy atom. The van der Waals surface area contributed by atoms with Crippen molar-refractivity contribution in [3.63, 3.8) is 0 Å². The highest BCUT2D eigenvalue weighted by Crippen LogP contribution is 2.48. The van der Waals surface area contributed by atoms with Crippen LogP contribution < -0.4 is 37.6 Å². The van der Waals surface area contributed by atoms with Gasteiger partial charge >= 0.3 is 0 Å². The van der Waals surface area contributed by atoms with Crippen molar-refractivity contribution in [2.75, 3.05) is 60.1 Å². The number of halogens is 1. The van der Waals surface area contributed by atoms with Gasteiger partial charge in [-0.2, -0.15) is 5.10 Å². The van der Waals surface area contributed by atoms with Crippen LogP contribution in [0.15, 0.2) is 85.3 Å². The van der Waals surface area contributed by atoms with Crippen LogP contribution in [0.2, 0.25) is 0 Å². The number of hydrogen-bond donors (Lipinski definition) is 6. The van der Waals surface area contributed by atoms with Crippen LogP contribution >= 0.6 is 0 Å². The molecule has 3 unspecified atom stereocenters. The molecule has 15 nitrogen and oxygen atoms in total. The molecule has 3 atom stereocenters. The molecule has 16 heteroatoms. The molecule has 6 aromatic rings. The standard InChI is InChI=1S/C30H40N6.C28H31FN4O.2CH3NO/c1-20-6-12-32-26-5-4-21(2)28(16-26)24-14-29(25-17-33-36(19-25)27-7-10-31-11-8-27)34-30(15-24)35-13-9-23(18-35)22(20)3;1-17-12-23(29)26(30-11-9-28(3)7-8-28)16-22(17)21-13-24(19-4-5-19)33-25(14-21)20-6-10-31-27(15-20)32-18(2)34;2*2-1-3/h4-5,14-17,19-20,22-23,27,31-32H,6-13,18H2,1-3H3;6,10,12-16,19,30H,4-5,7-9,11H2,1-3H3,(H,31,32,34);2*1H,(H2,2,3). The molecule has 4 fully saturated rings. The Morgan fingerprint density at radius 2 is 1.54 bits per heavy atom. The molecule has 3 aliphatic heterocycles. The van der Waals surface area contributed by atoms with Gasteiger partial charge in [0.05, 0.1) is 29.3 Å². The first-order valence-electron chi connectivity index (χ1n) is 27.2. The number of fused-ring (bicyclic) bond motifs is 8. The molecule has 5 aliphatic rings. The molecular formula is C60H77FN12O3. The molecule has 6 bridgehead atoms. The summed E-state index contributed by atoms with van der Waals surface area (Å²) in [6.07, 6.45) is 17.0. The highest BCUT2D eigenvalue weighted by molar-refractivity contribution is 5.88. The van der Waals surface area contributed by atoms with Crippen molar-refractivity contribution in [1.29, 1.82) is 0 Å². The Labute approximate surface area is 447 Å². The number of pyridine rings is 3. The van der Waals surface area contributed by atoms with Crippen molar-refractivity contribution in [1.82, 2.24) is 30.0 Å². The fraction of sp³-hybridized carbons (Fsp3) is 0.450. The van der Waals surface area contributed by atoms with E-state index >= 15 is 0 Å². The fourth-order valence-corrected chi connectivity index (χ4v) is 10.7. The highest BCUT2D eigenvalue weighted by Gasteiger charge is 2.36. The zero-order chi connectivity index (χ0) is 53.9. The summed E-state index contributed by atoms with van der Waals surface area (Å²) in [5, 5.41) is 18.0. The van der Waals surface area contributed by atoms with E-state index in [2.05, 4.69) is 118 Å². The van der Waals surface area contributed by atoms with Crippen LogP contribution in [0.4, 0.5) is 27.4 Å². The number of primary amides is 2. The number of anilines is 4. The lowest BCUT2D eigenvalue weighted by atomic mass is 9.82. The lowest BCUT2D eigenvalue weighted by molar-refractivity contribution is -0.114. The first-order chi connectivity index (χ1) is 36.7. The smallest absolute Gasteiger partial charge is 0.222 e. The largest absolute Gasteiger partial charge is 0.385 e. The zero-order valence-corrected chi connectivity index (χ0v) is 45.2. The number of carbonyl (C=O) groups excluding carboxylic acids is 3. The number of nitrogens with zero attached hydrogens (tertiary/aromatic N) is 6. The maximum Gasteiger partial charge on any atom is 0.222 e. The minimum absolute atomic E-state index is 0.164. The minimum atomic E-state index is -0.215. The van der Waals surface area contributed by atoms with Crippen LogP contribution in [0.25, 0.3) is 44.8 Å². The average molecular weight is 1030 g/mol. The molecule has 11 rings (SSSR count). The van der Waals surface area contributed by atoms with E-state index in [4.69, 9.17) is 24.7 Å². The number of aromatic nitrogens is 5. The monoisotopic (exact) mass is 1030 g/mol. The van der Waals surface area contributed by atoms with E-state index in [-0.39, 0.29) is 24.5 Å². The third-order valence-electron chi connectivity index (χ3n) is 16.0. The van der Waals surface area contributed by atoms with Gasteiger partial charge in [0, 0.05) is 73.9 Å². The summed E-state index contributed by atoms with van der Waals surface area (Å²) in [5.74, 6) is 3.82. The van der Waals surface area contributed by atoms with Crippen LogP contribution in [0.1, 0.15) is 114 Å². The highest BCUT2D eigenvalue weighted by atomic mass is 19.1. The van der Waals surface area contributed by atoms with E-state index in [0.29, 0.717) is 40.7 Å². The number of hydrogen-bond acceptors (Lipinski definition) is 11. The molecule has 0 radical (unpaired) electrons. The van der Waals surface area contributed by atoms with Gasteiger partial charge in [-0.15, -0.1) is 0 Å². The van der Waals surface area contributed by atoms with Gasteiger partial charge in [-0.3, -0.25) is 24.0 Å². The van der Waals surface area contributed by atoms with Gasteiger partial charge in [-0.1, -0.05) is 26.8 Å². The summed E-state index contributed by atoms with van der Waals surface area (Å²) in [6, 6.07) is 23.3. The van der Waals surface area contributed by atoms with E-state index in [1.54, 1.807) is 12.3 Å². The molecule has 8 N–H and O–H groups in total. The Morgan fingerprint density at radius 1 is 0.829 bits per heavy atom. The molecule has 76 heavy (non-hydrogen) atoms. The number of piperidine rings is 1. The Kier molecular flexibility index (Phi) is 18.2. The number of nitrogens with one attached hydrogen (secondary N) is 4. The van der Waals surface area contributed by atoms with Gasteiger partial charge in [-0.05, 0) is 202 Å². The summed E-state index contributed by atoms with van der Waals surface area (Å²) >= 11 is 0. The molecule has 2 aromatic carbocycles. The van der Waals surface area contributed by atoms with Crippen LogP contribution in [-0.2, 0) is 14.4 Å². The van der Waals surface area contributed by atoms with Crippen LogP contribution in [0, 0.1) is 42.8 Å². The molecule has 2 saturated heterocycles. The van der Waals surface area contributed by atoms with Crippen LogP contribution in [0.5, 0.6) is 0 Å². The molecule has 2 saturated carbocycles. The van der Waals surface area contributed by atoms with Crippen molar-refractivity contribution in [2.24, 2.45) is 34.6 Å². The van der Waals surface area contributed by atoms with Gasteiger partial charge in [0.1, 0.15) is 17.5 Å². The normalized spacial score (nSPS) is 19.4. The van der Waals surface area contributed by atoms with Gasteiger partial charge < -0.3 is 37.6 Å². The van der Waals surface area contributed by atoms with Crippen LogP contribution in [-0.4, -0.2) is 82.7 Å². The second-order valence-electron chi connectivity index (χ2n) is 21.8. The predicted molar refractivity (Wildman–Crippen MR) is 303 cm³/mol. The summed E-state index contributed by atoms with van der Waals surface area (Å²) < 4.78 is 16.9.